The van der Waals surface area contributed by atoms with Crippen LogP contribution < -0.4 is 16.6 Å². The molecular formula is C12H10N4O5. The quantitative estimate of drug-likeness (QED) is 0.588. The van der Waals surface area contributed by atoms with Gasteiger partial charge in [-0.2, -0.15) is 0 Å². The second-order valence-electron chi connectivity index (χ2n) is 4.04. The first kappa shape index (κ1) is 14.2. The standard InChI is InChI=1S/C12H10N4O5/c17-8(4-6-5-9(18)16-12(21)14-6)15-10-7(11(19)20)2-1-3-13-10/h1-3,5H,4H2,(H,19,20)(H,13,15,17)(H2,14,16,18,21). The van der Waals surface area contributed by atoms with Gasteiger partial charge in [-0.05, 0) is 12.1 Å². The second kappa shape index (κ2) is 5.82. The van der Waals surface area contributed by atoms with Gasteiger partial charge < -0.3 is 15.4 Å². The number of carboxylic acid groups (broad SMARTS) is 1. The zero-order valence-electron chi connectivity index (χ0n) is 10.5. The van der Waals surface area contributed by atoms with Crippen molar-refractivity contribution in [1.82, 2.24) is 15.0 Å². The van der Waals surface area contributed by atoms with Crippen LogP contribution >= 0.6 is 0 Å². The van der Waals surface area contributed by atoms with Crippen molar-refractivity contribution in [3.05, 3.63) is 56.5 Å². The lowest BCUT2D eigenvalue weighted by molar-refractivity contribution is -0.115. The van der Waals surface area contributed by atoms with E-state index >= 15 is 0 Å². The number of aromatic carboxylic acids is 1. The normalized spacial score (nSPS) is 10.1. The van der Waals surface area contributed by atoms with Gasteiger partial charge in [-0.3, -0.25) is 14.6 Å². The first-order chi connectivity index (χ1) is 9.95. The van der Waals surface area contributed by atoms with Crippen molar-refractivity contribution >= 4 is 17.7 Å². The number of aromatic amines is 2. The fraction of sp³-hybridized carbons (Fsp3) is 0.0833. The van der Waals surface area contributed by atoms with Crippen molar-refractivity contribution in [3.8, 4) is 0 Å². The van der Waals surface area contributed by atoms with E-state index in [0.717, 1.165) is 6.07 Å². The van der Waals surface area contributed by atoms with Gasteiger partial charge in [-0.1, -0.05) is 0 Å². The van der Waals surface area contributed by atoms with Crippen LogP contribution in [0, 0.1) is 0 Å². The second-order valence-corrected chi connectivity index (χ2v) is 4.04. The number of nitrogens with one attached hydrogen (secondary N) is 3. The van der Waals surface area contributed by atoms with E-state index in [1.165, 1.54) is 18.3 Å². The number of carboxylic acids is 1. The summed E-state index contributed by atoms with van der Waals surface area (Å²) in [6.45, 7) is 0. The molecule has 2 aromatic rings. The number of rotatable bonds is 4. The van der Waals surface area contributed by atoms with Gasteiger partial charge in [-0.25, -0.2) is 14.6 Å². The van der Waals surface area contributed by atoms with Crippen molar-refractivity contribution < 1.29 is 14.7 Å². The van der Waals surface area contributed by atoms with Crippen molar-refractivity contribution in [2.45, 2.75) is 6.42 Å². The molecule has 0 radical (unpaired) electrons. The Kier molecular flexibility index (Phi) is 3.93. The van der Waals surface area contributed by atoms with E-state index in [0.29, 0.717) is 0 Å². The van der Waals surface area contributed by atoms with Gasteiger partial charge in [0.1, 0.15) is 11.4 Å². The summed E-state index contributed by atoms with van der Waals surface area (Å²) in [7, 11) is 0. The molecule has 0 aliphatic rings. The Balaban J connectivity index is 2.17. The van der Waals surface area contributed by atoms with Crippen molar-refractivity contribution in [1.29, 1.82) is 0 Å². The first-order valence-electron chi connectivity index (χ1n) is 5.76. The van der Waals surface area contributed by atoms with Gasteiger partial charge >= 0.3 is 11.7 Å². The number of nitrogens with zero attached hydrogens (tertiary/aromatic N) is 1. The van der Waals surface area contributed by atoms with Gasteiger partial charge in [-0.15, -0.1) is 0 Å². The predicted octanol–water partition coefficient (Wildman–Crippen LogP) is -0.662. The number of H-pyrrole nitrogens is 2. The fourth-order valence-electron chi connectivity index (χ4n) is 1.64. The lowest BCUT2D eigenvalue weighted by atomic mass is 10.2. The molecule has 0 saturated heterocycles. The summed E-state index contributed by atoms with van der Waals surface area (Å²) in [5.41, 5.74) is -1.42. The molecule has 4 N–H and O–H groups in total. The molecule has 0 unspecified atom stereocenters. The molecule has 0 fully saturated rings. The smallest absolute Gasteiger partial charge is 0.339 e. The third kappa shape index (κ3) is 3.62. The molecule has 2 aromatic heterocycles. The van der Waals surface area contributed by atoms with E-state index in [9.17, 15) is 19.2 Å². The minimum absolute atomic E-state index is 0.106. The first-order valence-corrected chi connectivity index (χ1v) is 5.76. The molecule has 0 bridgehead atoms. The number of carbonyl (C=O) groups excluding carboxylic acids is 1. The maximum atomic E-state index is 11.8. The van der Waals surface area contributed by atoms with Gasteiger partial charge in [0, 0.05) is 18.0 Å². The molecule has 0 aliphatic carbocycles. The van der Waals surface area contributed by atoms with Crippen LogP contribution in [0.4, 0.5) is 5.82 Å². The van der Waals surface area contributed by atoms with Crippen LogP contribution in [-0.2, 0) is 11.2 Å². The average Bonchev–Trinajstić information content (AvgIpc) is 2.37. The SMILES string of the molecule is O=C(Cc1cc(=O)[nH]c(=O)[nH]1)Nc1ncccc1C(=O)O. The van der Waals surface area contributed by atoms with Gasteiger partial charge in [0.15, 0.2) is 0 Å². The van der Waals surface area contributed by atoms with Crippen molar-refractivity contribution in [2.24, 2.45) is 0 Å². The number of amides is 1. The summed E-state index contributed by atoms with van der Waals surface area (Å²) in [6.07, 6.45) is 1.03. The number of pyridine rings is 1. The number of hydrogen-bond acceptors (Lipinski definition) is 5. The molecule has 0 aliphatic heterocycles. The summed E-state index contributed by atoms with van der Waals surface area (Å²) < 4.78 is 0. The van der Waals surface area contributed by atoms with Crippen LogP contribution in [0.25, 0.3) is 0 Å². The van der Waals surface area contributed by atoms with E-state index < -0.39 is 23.1 Å². The summed E-state index contributed by atoms with van der Waals surface area (Å²) in [5, 5.41) is 11.3. The maximum absolute atomic E-state index is 11.8. The Labute approximate surface area is 116 Å². The fourth-order valence-corrected chi connectivity index (χ4v) is 1.64. The minimum atomic E-state index is -1.23. The highest BCUT2D eigenvalue weighted by Gasteiger charge is 2.13. The van der Waals surface area contributed by atoms with Gasteiger partial charge in [0.2, 0.25) is 5.91 Å². The molecular weight excluding hydrogens is 280 g/mol. The zero-order valence-corrected chi connectivity index (χ0v) is 10.5. The van der Waals surface area contributed by atoms with Crippen molar-refractivity contribution in [3.63, 3.8) is 0 Å². The molecule has 0 aromatic carbocycles. The minimum Gasteiger partial charge on any atom is -0.478 e. The molecule has 108 valence electrons. The van der Waals surface area contributed by atoms with Gasteiger partial charge in [0.25, 0.3) is 5.56 Å². The molecule has 0 saturated carbocycles. The molecule has 0 atom stereocenters. The predicted molar refractivity (Wildman–Crippen MR) is 71.2 cm³/mol. The summed E-state index contributed by atoms with van der Waals surface area (Å²) in [4.78, 5) is 53.0. The number of aromatic nitrogens is 3. The van der Waals surface area contributed by atoms with Crippen LogP contribution in [0.5, 0.6) is 0 Å². The molecule has 9 heteroatoms. The molecule has 21 heavy (non-hydrogen) atoms. The Morgan fingerprint density at radius 2 is 2.05 bits per heavy atom. The highest BCUT2D eigenvalue weighted by Crippen LogP contribution is 2.11. The van der Waals surface area contributed by atoms with Crippen LogP contribution in [0.3, 0.4) is 0 Å². The monoisotopic (exact) mass is 290 g/mol. The van der Waals surface area contributed by atoms with E-state index in [-0.39, 0.29) is 23.5 Å². The third-order valence-electron chi connectivity index (χ3n) is 2.46. The van der Waals surface area contributed by atoms with Crippen LogP contribution in [0.15, 0.2) is 34.0 Å². The Hall–Kier alpha value is -3.23. The number of carbonyl (C=O) groups is 2. The van der Waals surface area contributed by atoms with E-state index in [2.05, 4.69) is 15.3 Å². The molecule has 0 spiro atoms. The molecule has 2 heterocycles. The van der Waals surface area contributed by atoms with Crippen LogP contribution in [0.1, 0.15) is 16.1 Å². The highest BCUT2D eigenvalue weighted by atomic mass is 16.4. The Morgan fingerprint density at radius 1 is 1.29 bits per heavy atom. The van der Waals surface area contributed by atoms with Gasteiger partial charge in [0.05, 0.1) is 6.42 Å². The molecule has 2 rings (SSSR count). The molecule has 9 nitrogen and oxygen atoms in total. The van der Waals surface area contributed by atoms with Crippen molar-refractivity contribution in [2.75, 3.05) is 5.32 Å². The Bertz CT molecular complexity index is 779. The topological polar surface area (TPSA) is 145 Å². The highest BCUT2D eigenvalue weighted by molar-refractivity contribution is 5.99. The Morgan fingerprint density at radius 3 is 2.71 bits per heavy atom. The zero-order chi connectivity index (χ0) is 15.4. The maximum Gasteiger partial charge on any atom is 0.339 e. The molecule has 1 amide bonds. The summed E-state index contributed by atoms with van der Waals surface area (Å²) >= 11 is 0. The summed E-state index contributed by atoms with van der Waals surface area (Å²) in [6, 6.07) is 3.78. The number of hydrogen-bond donors (Lipinski definition) is 4. The van der Waals surface area contributed by atoms with Crippen LogP contribution in [-0.4, -0.2) is 31.9 Å². The van der Waals surface area contributed by atoms with E-state index in [4.69, 9.17) is 5.11 Å². The third-order valence-corrected chi connectivity index (χ3v) is 2.46. The van der Waals surface area contributed by atoms with E-state index in [1.54, 1.807) is 0 Å². The van der Waals surface area contributed by atoms with E-state index in [1.807, 2.05) is 4.98 Å². The largest absolute Gasteiger partial charge is 0.478 e. The summed E-state index contributed by atoms with van der Waals surface area (Å²) in [5.74, 6) is -1.96. The van der Waals surface area contributed by atoms with Crippen LogP contribution in [0.2, 0.25) is 0 Å². The average molecular weight is 290 g/mol. The number of anilines is 1. The lowest BCUT2D eigenvalue weighted by Crippen LogP contribution is -2.26. The lowest BCUT2D eigenvalue weighted by Gasteiger charge is -2.06.